The van der Waals surface area contributed by atoms with Gasteiger partial charge in [0.1, 0.15) is 11.7 Å². The zero-order chi connectivity index (χ0) is 7.28. The van der Waals surface area contributed by atoms with E-state index in [-0.39, 0.29) is 5.84 Å². The van der Waals surface area contributed by atoms with Gasteiger partial charge in [-0.25, -0.2) is 4.99 Å². The molecule has 50 valence electrons. The van der Waals surface area contributed by atoms with Crippen LogP contribution < -0.4 is 5.73 Å². The van der Waals surface area contributed by atoms with Gasteiger partial charge in [-0.05, 0) is 6.08 Å². The molecule has 0 heterocycles. The molecule has 0 bridgehead atoms. The Labute approximate surface area is 54.8 Å². The largest absolute Gasteiger partial charge is 0.387 e. The summed E-state index contributed by atoms with van der Waals surface area (Å²) in [5.74, 6) is 0.592. The Morgan fingerprint density at radius 2 is 2.44 bits per heavy atom. The first-order chi connectivity index (χ1) is 4.20. The summed E-state index contributed by atoms with van der Waals surface area (Å²) in [5, 5.41) is 6.99. The number of hydrogen-bond acceptors (Lipinski definition) is 1. The zero-order valence-electron chi connectivity index (χ0n) is 5.52. The van der Waals surface area contributed by atoms with Crippen molar-refractivity contribution in [2.45, 2.75) is 13.3 Å². The van der Waals surface area contributed by atoms with Crippen LogP contribution >= 0.6 is 0 Å². The van der Waals surface area contributed by atoms with Crippen LogP contribution in [0.15, 0.2) is 17.6 Å². The van der Waals surface area contributed by atoms with Gasteiger partial charge in [0.15, 0.2) is 0 Å². The molecule has 0 rings (SSSR count). The summed E-state index contributed by atoms with van der Waals surface area (Å²) in [6.45, 7) is 5.24. The molecule has 0 spiro atoms. The van der Waals surface area contributed by atoms with Crippen LogP contribution in [0.3, 0.4) is 0 Å². The maximum atomic E-state index is 6.99. The van der Waals surface area contributed by atoms with Crippen LogP contribution in [0.4, 0.5) is 0 Å². The summed E-state index contributed by atoms with van der Waals surface area (Å²) in [6, 6.07) is 0. The molecule has 0 fully saturated rings. The molecule has 0 aromatic heterocycles. The van der Waals surface area contributed by atoms with Gasteiger partial charge < -0.3 is 5.73 Å². The average Bonchev–Trinajstić information content (AvgIpc) is 1.87. The fourth-order valence-corrected chi connectivity index (χ4v) is 0.279. The third-order valence-corrected chi connectivity index (χ3v) is 0.820. The maximum absolute atomic E-state index is 6.99. The molecule has 3 N–H and O–H groups in total. The quantitative estimate of drug-likeness (QED) is 0.418. The Hall–Kier alpha value is -1.12. The molecule has 0 aliphatic carbocycles. The van der Waals surface area contributed by atoms with Crippen LogP contribution in [0.2, 0.25) is 0 Å². The number of hydrogen-bond donors (Lipinski definition) is 2. The van der Waals surface area contributed by atoms with Crippen molar-refractivity contribution in [3.8, 4) is 0 Å². The molecular formula is C6H11N3. The summed E-state index contributed by atoms with van der Waals surface area (Å²) in [6.07, 6.45) is 2.03. The fraction of sp³-hybridized carbons (Fsp3) is 0.333. The van der Waals surface area contributed by atoms with E-state index in [4.69, 9.17) is 11.1 Å². The van der Waals surface area contributed by atoms with Crippen molar-refractivity contribution in [1.82, 2.24) is 0 Å². The van der Waals surface area contributed by atoms with Gasteiger partial charge in [0.2, 0.25) is 0 Å². The van der Waals surface area contributed by atoms with E-state index in [9.17, 15) is 0 Å². The number of rotatable bonds is 2. The van der Waals surface area contributed by atoms with Crippen molar-refractivity contribution in [3.63, 3.8) is 0 Å². The summed E-state index contributed by atoms with van der Waals surface area (Å²) in [5.41, 5.74) is 5.31. The second-order valence-electron chi connectivity index (χ2n) is 1.55. The van der Waals surface area contributed by atoms with E-state index >= 15 is 0 Å². The first-order valence-electron chi connectivity index (χ1n) is 2.74. The second-order valence-corrected chi connectivity index (χ2v) is 1.55. The molecule has 0 aliphatic heterocycles. The standard InChI is InChI=1S/C6H11N3/c1-3-5(7)9-6(8)4-2/h3H,1,4H2,2H3,(H3,7,8,9). The lowest BCUT2D eigenvalue weighted by molar-refractivity contribution is 1.24. The van der Waals surface area contributed by atoms with Crippen LogP contribution in [-0.4, -0.2) is 11.7 Å². The van der Waals surface area contributed by atoms with Gasteiger partial charge in [0.05, 0.1) is 0 Å². The summed E-state index contributed by atoms with van der Waals surface area (Å²) in [7, 11) is 0. The van der Waals surface area contributed by atoms with Crippen molar-refractivity contribution < 1.29 is 0 Å². The van der Waals surface area contributed by atoms with E-state index in [1.54, 1.807) is 0 Å². The van der Waals surface area contributed by atoms with Crippen molar-refractivity contribution >= 4 is 11.7 Å². The minimum atomic E-state index is 0.120. The lowest BCUT2D eigenvalue weighted by atomic mass is 10.4. The predicted octanol–water partition coefficient (Wildman–Crippen LogP) is 0.917. The van der Waals surface area contributed by atoms with Crippen LogP contribution in [0.25, 0.3) is 0 Å². The lowest BCUT2D eigenvalue weighted by Gasteiger charge is -1.91. The van der Waals surface area contributed by atoms with Crippen LogP contribution in [0, 0.1) is 5.41 Å². The van der Waals surface area contributed by atoms with Crippen LogP contribution in [0.5, 0.6) is 0 Å². The van der Waals surface area contributed by atoms with Gasteiger partial charge in [-0.3, -0.25) is 5.41 Å². The molecular weight excluding hydrogens is 114 g/mol. The lowest BCUT2D eigenvalue weighted by Crippen LogP contribution is -2.11. The Bertz CT molecular complexity index is 146. The Balaban J connectivity index is 3.94. The molecule has 3 nitrogen and oxygen atoms in total. The number of nitrogens with two attached hydrogens (primary N) is 1. The van der Waals surface area contributed by atoms with Gasteiger partial charge in [0.25, 0.3) is 0 Å². The van der Waals surface area contributed by atoms with Gasteiger partial charge in [-0.1, -0.05) is 13.5 Å². The molecule has 0 saturated carbocycles. The van der Waals surface area contributed by atoms with E-state index < -0.39 is 0 Å². The van der Waals surface area contributed by atoms with Gasteiger partial charge >= 0.3 is 0 Å². The highest BCUT2D eigenvalue weighted by Crippen LogP contribution is 1.80. The maximum Gasteiger partial charge on any atom is 0.145 e. The molecule has 9 heavy (non-hydrogen) atoms. The van der Waals surface area contributed by atoms with Crippen LogP contribution in [0.1, 0.15) is 13.3 Å². The van der Waals surface area contributed by atoms with E-state index in [0.29, 0.717) is 12.3 Å². The molecule has 0 saturated heterocycles. The third-order valence-electron chi connectivity index (χ3n) is 0.820. The molecule has 0 unspecified atom stereocenters. The number of aliphatic imine (C=N–C) groups is 1. The highest BCUT2D eigenvalue weighted by atomic mass is 14.9. The van der Waals surface area contributed by atoms with Gasteiger partial charge in [-0.15, -0.1) is 0 Å². The van der Waals surface area contributed by atoms with Gasteiger partial charge in [0, 0.05) is 6.42 Å². The smallest absolute Gasteiger partial charge is 0.145 e. The van der Waals surface area contributed by atoms with E-state index in [1.165, 1.54) is 6.08 Å². The summed E-state index contributed by atoms with van der Waals surface area (Å²) >= 11 is 0. The van der Waals surface area contributed by atoms with E-state index in [2.05, 4.69) is 11.6 Å². The highest BCUT2D eigenvalue weighted by molar-refractivity contribution is 6.00. The highest BCUT2D eigenvalue weighted by Gasteiger charge is 1.86. The topological polar surface area (TPSA) is 62.2 Å². The Morgan fingerprint density at radius 1 is 1.89 bits per heavy atom. The normalized spacial score (nSPS) is 11.0. The Kier molecular flexibility index (Phi) is 3.35. The first kappa shape index (κ1) is 7.88. The first-order valence-corrected chi connectivity index (χ1v) is 2.74. The molecule has 0 radical (unpaired) electrons. The number of nitrogens with zero attached hydrogens (tertiary/aromatic N) is 1. The van der Waals surface area contributed by atoms with Crippen molar-refractivity contribution in [3.05, 3.63) is 12.7 Å². The Morgan fingerprint density at radius 3 is 2.78 bits per heavy atom. The number of nitrogens with one attached hydrogen (secondary N) is 1. The third kappa shape index (κ3) is 3.46. The fourth-order valence-electron chi connectivity index (χ4n) is 0.279. The minimum absolute atomic E-state index is 0.120. The zero-order valence-corrected chi connectivity index (χ0v) is 5.52. The monoisotopic (exact) mass is 125 g/mol. The summed E-state index contributed by atoms with van der Waals surface area (Å²) in [4.78, 5) is 3.67. The molecule has 3 heteroatoms. The molecule has 0 aromatic rings. The SMILES string of the molecule is C=CC(=N)N=C(N)CC. The molecule has 0 aliphatic rings. The van der Waals surface area contributed by atoms with Crippen molar-refractivity contribution in [1.29, 1.82) is 5.41 Å². The molecule has 0 atom stereocenters. The molecule has 0 amide bonds. The van der Waals surface area contributed by atoms with E-state index in [0.717, 1.165) is 0 Å². The van der Waals surface area contributed by atoms with E-state index in [1.807, 2.05) is 6.92 Å². The molecule has 0 aromatic carbocycles. The second kappa shape index (κ2) is 3.83. The minimum Gasteiger partial charge on any atom is -0.387 e. The number of amidine groups is 2. The van der Waals surface area contributed by atoms with Gasteiger partial charge in [-0.2, -0.15) is 0 Å². The average molecular weight is 125 g/mol. The van der Waals surface area contributed by atoms with Crippen molar-refractivity contribution in [2.24, 2.45) is 10.7 Å². The summed E-state index contributed by atoms with van der Waals surface area (Å²) < 4.78 is 0. The predicted molar refractivity (Wildman–Crippen MR) is 39.8 cm³/mol. The van der Waals surface area contributed by atoms with Crippen molar-refractivity contribution in [2.75, 3.05) is 0 Å². The van der Waals surface area contributed by atoms with Crippen LogP contribution in [-0.2, 0) is 0 Å².